The molecule has 0 bridgehead atoms. The standard InChI is InChI=1S/C23H22N4O4S/c1-2-31-23(30)26-22-24-19(15-9-5-3-6-10-15)21(32-22)25-20(29)16-13-18(28)27(14-16)17-11-7-4-8-12-17/h3-12,16H,2,13-14H2,1H3,(H,25,29)(H,24,26,30). The lowest BCUT2D eigenvalue weighted by molar-refractivity contribution is -0.122. The lowest BCUT2D eigenvalue weighted by Crippen LogP contribution is -2.28. The summed E-state index contributed by atoms with van der Waals surface area (Å²) in [5.74, 6) is -0.844. The van der Waals surface area contributed by atoms with Crippen molar-refractivity contribution in [2.45, 2.75) is 13.3 Å². The Labute approximate surface area is 189 Å². The van der Waals surface area contributed by atoms with Crippen molar-refractivity contribution in [2.75, 3.05) is 28.7 Å². The Kier molecular flexibility index (Phi) is 6.46. The first-order valence-electron chi connectivity index (χ1n) is 10.2. The number of nitrogens with one attached hydrogen (secondary N) is 2. The van der Waals surface area contributed by atoms with Crippen LogP contribution in [-0.4, -0.2) is 36.0 Å². The molecular formula is C23H22N4O4S. The van der Waals surface area contributed by atoms with E-state index < -0.39 is 12.0 Å². The summed E-state index contributed by atoms with van der Waals surface area (Å²) in [5.41, 5.74) is 2.11. The third-order valence-corrected chi connectivity index (χ3v) is 5.85. The maximum Gasteiger partial charge on any atom is 0.413 e. The van der Waals surface area contributed by atoms with Crippen LogP contribution in [0.4, 0.5) is 20.6 Å². The molecule has 0 aliphatic carbocycles. The van der Waals surface area contributed by atoms with Gasteiger partial charge in [0, 0.05) is 24.2 Å². The van der Waals surface area contributed by atoms with Gasteiger partial charge in [-0.1, -0.05) is 59.9 Å². The van der Waals surface area contributed by atoms with Gasteiger partial charge in [-0.15, -0.1) is 0 Å². The summed E-state index contributed by atoms with van der Waals surface area (Å²) in [5, 5.41) is 6.31. The van der Waals surface area contributed by atoms with Crippen LogP contribution in [0, 0.1) is 5.92 Å². The van der Waals surface area contributed by atoms with Gasteiger partial charge in [0.2, 0.25) is 11.8 Å². The number of nitrogens with zero attached hydrogens (tertiary/aromatic N) is 2. The molecule has 1 aromatic heterocycles. The zero-order chi connectivity index (χ0) is 22.5. The van der Waals surface area contributed by atoms with Crippen molar-refractivity contribution in [3.63, 3.8) is 0 Å². The van der Waals surface area contributed by atoms with Gasteiger partial charge in [0.1, 0.15) is 10.7 Å². The third-order valence-electron chi connectivity index (χ3n) is 4.96. The molecule has 9 heteroatoms. The number of carbonyl (C=O) groups excluding carboxylic acids is 3. The molecule has 2 heterocycles. The van der Waals surface area contributed by atoms with Gasteiger partial charge in [-0.2, -0.15) is 0 Å². The number of carbonyl (C=O) groups is 3. The van der Waals surface area contributed by atoms with Crippen molar-refractivity contribution in [1.82, 2.24) is 4.98 Å². The van der Waals surface area contributed by atoms with Gasteiger partial charge >= 0.3 is 6.09 Å². The number of anilines is 3. The fourth-order valence-corrected chi connectivity index (χ4v) is 4.34. The van der Waals surface area contributed by atoms with Crippen molar-refractivity contribution >= 4 is 45.1 Å². The first kappa shape index (κ1) is 21.5. The summed E-state index contributed by atoms with van der Waals surface area (Å²) in [6.45, 7) is 2.26. The molecule has 0 radical (unpaired) electrons. The third kappa shape index (κ3) is 4.78. The van der Waals surface area contributed by atoms with E-state index in [1.54, 1.807) is 11.8 Å². The minimum absolute atomic E-state index is 0.0893. The highest BCUT2D eigenvalue weighted by atomic mass is 32.1. The normalized spacial score (nSPS) is 15.5. The predicted octanol–water partition coefficient (Wildman–Crippen LogP) is 4.37. The van der Waals surface area contributed by atoms with E-state index in [0.29, 0.717) is 22.4 Å². The fourth-order valence-electron chi connectivity index (χ4n) is 3.46. The molecule has 0 saturated carbocycles. The van der Waals surface area contributed by atoms with Crippen molar-refractivity contribution in [3.05, 3.63) is 60.7 Å². The minimum atomic E-state index is -0.612. The Bertz CT molecular complexity index is 1120. The van der Waals surface area contributed by atoms with Gasteiger partial charge in [0.25, 0.3) is 0 Å². The number of para-hydroxylation sites is 1. The minimum Gasteiger partial charge on any atom is -0.450 e. The molecule has 2 N–H and O–H groups in total. The Hall–Kier alpha value is -3.72. The van der Waals surface area contributed by atoms with Gasteiger partial charge in [0.05, 0.1) is 12.5 Å². The van der Waals surface area contributed by atoms with Crippen LogP contribution in [0.25, 0.3) is 11.3 Å². The quantitative estimate of drug-likeness (QED) is 0.581. The van der Waals surface area contributed by atoms with Crippen LogP contribution in [0.15, 0.2) is 60.7 Å². The summed E-state index contributed by atoms with van der Waals surface area (Å²) in [6.07, 6.45) is -0.479. The molecule has 0 spiro atoms. The van der Waals surface area contributed by atoms with E-state index in [1.807, 2.05) is 60.7 Å². The lowest BCUT2D eigenvalue weighted by atomic mass is 10.1. The van der Waals surface area contributed by atoms with E-state index in [2.05, 4.69) is 15.6 Å². The molecule has 4 rings (SSSR count). The van der Waals surface area contributed by atoms with Crippen LogP contribution >= 0.6 is 11.3 Å². The highest BCUT2D eigenvalue weighted by molar-refractivity contribution is 7.20. The smallest absolute Gasteiger partial charge is 0.413 e. The number of hydrogen-bond donors (Lipinski definition) is 2. The molecule has 3 amide bonds. The van der Waals surface area contributed by atoms with E-state index >= 15 is 0 Å². The summed E-state index contributed by atoms with van der Waals surface area (Å²) in [6, 6.07) is 18.7. The number of amides is 3. The van der Waals surface area contributed by atoms with E-state index in [1.165, 1.54) is 0 Å². The van der Waals surface area contributed by atoms with Crippen LogP contribution in [0.3, 0.4) is 0 Å². The van der Waals surface area contributed by atoms with E-state index in [9.17, 15) is 14.4 Å². The molecule has 164 valence electrons. The average Bonchev–Trinajstić information content (AvgIpc) is 3.38. The zero-order valence-corrected chi connectivity index (χ0v) is 18.2. The molecular weight excluding hydrogens is 428 g/mol. The van der Waals surface area contributed by atoms with Crippen molar-refractivity contribution in [3.8, 4) is 11.3 Å². The second kappa shape index (κ2) is 9.61. The molecule has 1 fully saturated rings. The summed E-state index contributed by atoms with van der Waals surface area (Å²) in [4.78, 5) is 43.4. The van der Waals surface area contributed by atoms with E-state index in [4.69, 9.17) is 4.74 Å². The van der Waals surface area contributed by atoms with Crippen LogP contribution in [-0.2, 0) is 14.3 Å². The first-order valence-corrected chi connectivity index (χ1v) is 11.0. The first-order chi connectivity index (χ1) is 15.5. The summed E-state index contributed by atoms with van der Waals surface area (Å²) >= 11 is 1.14. The van der Waals surface area contributed by atoms with Crippen LogP contribution in [0.2, 0.25) is 0 Å². The number of ether oxygens (including phenoxy) is 1. The second-order valence-electron chi connectivity index (χ2n) is 7.14. The van der Waals surface area contributed by atoms with Crippen LogP contribution in [0.1, 0.15) is 13.3 Å². The SMILES string of the molecule is CCOC(=O)Nc1nc(-c2ccccc2)c(NC(=O)C2CC(=O)N(c3ccccc3)C2)s1. The van der Waals surface area contributed by atoms with Crippen LogP contribution in [0.5, 0.6) is 0 Å². The molecule has 1 atom stereocenters. The number of aromatic nitrogens is 1. The zero-order valence-electron chi connectivity index (χ0n) is 17.4. The molecule has 2 aromatic carbocycles. The maximum atomic E-state index is 13.0. The van der Waals surface area contributed by atoms with Gasteiger partial charge in [-0.25, -0.2) is 9.78 Å². The van der Waals surface area contributed by atoms with Crippen molar-refractivity contribution in [1.29, 1.82) is 0 Å². The molecule has 1 unspecified atom stereocenters. The van der Waals surface area contributed by atoms with Crippen molar-refractivity contribution < 1.29 is 19.1 Å². The molecule has 8 nitrogen and oxygen atoms in total. The molecule has 1 aliphatic heterocycles. The van der Waals surface area contributed by atoms with Gasteiger partial charge in [0.15, 0.2) is 5.13 Å². The largest absolute Gasteiger partial charge is 0.450 e. The highest BCUT2D eigenvalue weighted by Crippen LogP contribution is 2.37. The predicted molar refractivity (Wildman–Crippen MR) is 124 cm³/mol. The Morgan fingerprint density at radius 2 is 1.78 bits per heavy atom. The van der Waals surface area contributed by atoms with Crippen LogP contribution < -0.4 is 15.5 Å². The Morgan fingerprint density at radius 1 is 1.09 bits per heavy atom. The van der Waals surface area contributed by atoms with Crippen molar-refractivity contribution in [2.24, 2.45) is 5.92 Å². The molecule has 1 saturated heterocycles. The summed E-state index contributed by atoms with van der Waals surface area (Å²) in [7, 11) is 0. The van der Waals surface area contributed by atoms with E-state index in [0.717, 1.165) is 22.6 Å². The monoisotopic (exact) mass is 450 g/mol. The topological polar surface area (TPSA) is 101 Å². The lowest BCUT2D eigenvalue weighted by Gasteiger charge is -2.16. The van der Waals surface area contributed by atoms with Gasteiger partial charge in [-0.3, -0.25) is 14.9 Å². The van der Waals surface area contributed by atoms with Gasteiger partial charge in [-0.05, 0) is 19.1 Å². The van der Waals surface area contributed by atoms with E-state index in [-0.39, 0.29) is 24.8 Å². The number of thiazole rings is 1. The maximum absolute atomic E-state index is 13.0. The molecule has 32 heavy (non-hydrogen) atoms. The Balaban J connectivity index is 1.54. The fraction of sp³-hybridized carbons (Fsp3) is 0.217. The number of hydrogen-bond acceptors (Lipinski definition) is 6. The van der Waals surface area contributed by atoms with Gasteiger partial charge < -0.3 is 15.0 Å². The number of benzene rings is 2. The number of rotatable bonds is 6. The highest BCUT2D eigenvalue weighted by Gasteiger charge is 2.35. The Morgan fingerprint density at radius 3 is 2.47 bits per heavy atom. The summed E-state index contributed by atoms with van der Waals surface area (Å²) < 4.78 is 4.91. The average molecular weight is 451 g/mol. The molecule has 1 aliphatic rings. The molecule has 3 aromatic rings. The second-order valence-corrected chi connectivity index (χ2v) is 8.14.